The minimum Gasteiger partial charge on any atom is -0.457 e. The Labute approximate surface area is 308 Å². The fraction of sp³-hybridized carbons (Fsp3) is 0.829. The van der Waals surface area contributed by atoms with E-state index in [2.05, 4.69) is 50.3 Å². The molecule has 0 aliphatic heterocycles. The van der Waals surface area contributed by atoms with Crippen molar-refractivity contribution in [1.29, 1.82) is 0 Å². The van der Waals surface area contributed by atoms with Crippen molar-refractivity contribution in [3.8, 4) is 0 Å². The van der Waals surface area contributed by atoms with E-state index in [1.165, 1.54) is 83.5 Å². The third kappa shape index (κ3) is 38.0. The maximum absolute atomic E-state index is 12.6. The lowest BCUT2D eigenvalue weighted by Crippen LogP contribution is -2.37. The van der Waals surface area contributed by atoms with Gasteiger partial charge in [0.15, 0.2) is 0 Å². The molecule has 2 unspecified atom stereocenters. The minimum atomic E-state index is -4.26. The Morgan fingerprint density at radius 2 is 1.10 bits per heavy atom. The van der Waals surface area contributed by atoms with Crippen LogP contribution in [0.1, 0.15) is 162 Å². The summed E-state index contributed by atoms with van der Waals surface area (Å²) in [5.74, 6) is -0.329. The zero-order chi connectivity index (χ0) is 37.0. The first-order chi connectivity index (χ1) is 24.1. The summed E-state index contributed by atoms with van der Waals surface area (Å²) in [4.78, 5) is 22.7. The third-order valence-electron chi connectivity index (χ3n) is 8.45. The smallest absolute Gasteiger partial charge is 0.457 e. The normalized spacial score (nSPS) is 14.3. The molecule has 2 atom stereocenters. The van der Waals surface area contributed by atoms with Crippen LogP contribution in [0.5, 0.6) is 0 Å². The molecule has 0 rings (SSSR count). The second-order valence-corrected chi connectivity index (χ2v) is 16.1. The van der Waals surface area contributed by atoms with Crippen LogP contribution in [0.4, 0.5) is 0 Å². The van der Waals surface area contributed by atoms with E-state index < -0.39 is 13.9 Å². The number of rotatable bonds is 37. The van der Waals surface area contributed by atoms with Crippen LogP contribution in [-0.2, 0) is 27.9 Å². The molecule has 0 fully saturated rings. The van der Waals surface area contributed by atoms with E-state index in [9.17, 15) is 14.3 Å². The number of ether oxygens (including phenoxy) is 2. The Morgan fingerprint density at radius 3 is 1.64 bits per heavy atom. The molecule has 0 amide bonds. The Bertz CT molecular complexity index is 900. The summed E-state index contributed by atoms with van der Waals surface area (Å²) in [5.41, 5.74) is 0. The molecule has 0 spiro atoms. The van der Waals surface area contributed by atoms with Gasteiger partial charge in [-0.2, -0.15) is 0 Å². The monoisotopic (exact) mass is 729 g/mol. The number of nitrogens with zero attached hydrogens (tertiary/aromatic N) is 1. The zero-order valence-corrected chi connectivity index (χ0v) is 34.0. The van der Waals surface area contributed by atoms with Gasteiger partial charge in [-0.25, -0.2) is 4.57 Å². The number of carbonyl (C=O) groups is 1. The predicted octanol–water partition coefficient (Wildman–Crippen LogP) is 11.4. The molecule has 0 aliphatic carbocycles. The van der Waals surface area contributed by atoms with Gasteiger partial charge in [-0.3, -0.25) is 13.8 Å². The average Bonchev–Trinajstić information content (AvgIpc) is 3.06. The molecule has 9 heteroatoms. The second kappa shape index (κ2) is 34.8. The molecule has 0 aromatic rings. The zero-order valence-electron chi connectivity index (χ0n) is 33.1. The van der Waals surface area contributed by atoms with E-state index in [0.717, 1.165) is 57.8 Å². The molecule has 0 aromatic carbocycles. The SMILES string of the molecule is CCCCCCC/C=C\C/C=C\C/C=C\CCCCCCCCC(=O)OC(COCCCCCCCCC)COP(=O)(O)OCC[N+](C)(C)C. The average molecular weight is 729 g/mol. The van der Waals surface area contributed by atoms with Crippen LogP contribution in [-0.4, -0.2) is 75.6 Å². The van der Waals surface area contributed by atoms with Gasteiger partial charge in [0.25, 0.3) is 0 Å². The molecule has 0 radical (unpaired) electrons. The molecular weight excluding hydrogens is 649 g/mol. The van der Waals surface area contributed by atoms with Crippen LogP contribution in [0.3, 0.4) is 0 Å². The molecule has 294 valence electrons. The molecule has 0 aromatic heterocycles. The Hall–Kier alpha value is -1.28. The number of hydrogen-bond donors (Lipinski definition) is 1. The van der Waals surface area contributed by atoms with Gasteiger partial charge in [-0.15, -0.1) is 0 Å². The summed E-state index contributed by atoms with van der Waals surface area (Å²) in [6.07, 6.45) is 39.0. The van der Waals surface area contributed by atoms with Crippen molar-refractivity contribution < 1.29 is 37.3 Å². The van der Waals surface area contributed by atoms with E-state index in [1.807, 2.05) is 21.1 Å². The number of likely N-dealkylation sites (N-methyl/N-ethyl adjacent to an activating group) is 1. The first-order valence-corrected chi connectivity index (χ1v) is 21.7. The van der Waals surface area contributed by atoms with E-state index in [0.29, 0.717) is 24.1 Å². The van der Waals surface area contributed by atoms with Gasteiger partial charge in [-0.1, -0.05) is 140 Å². The lowest BCUT2D eigenvalue weighted by atomic mass is 10.1. The molecule has 0 aliphatic rings. The van der Waals surface area contributed by atoms with Gasteiger partial charge in [0.05, 0.1) is 34.4 Å². The Morgan fingerprint density at radius 1 is 0.620 bits per heavy atom. The number of phosphoric acid groups is 1. The highest BCUT2D eigenvalue weighted by molar-refractivity contribution is 7.47. The summed E-state index contributed by atoms with van der Waals surface area (Å²) in [6, 6.07) is 0. The van der Waals surface area contributed by atoms with Crippen LogP contribution in [0.2, 0.25) is 0 Å². The van der Waals surface area contributed by atoms with Crippen LogP contribution in [0.15, 0.2) is 36.5 Å². The highest BCUT2D eigenvalue weighted by Gasteiger charge is 2.26. The largest absolute Gasteiger partial charge is 0.472 e. The van der Waals surface area contributed by atoms with Gasteiger partial charge < -0.3 is 18.9 Å². The highest BCUT2D eigenvalue weighted by Crippen LogP contribution is 2.43. The number of unbranched alkanes of at least 4 members (excludes halogenated alkanes) is 17. The number of esters is 1. The first-order valence-electron chi connectivity index (χ1n) is 20.2. The molecule has 0 bridgehead atoms. The predicted molar refractivity (Wildman–Crippen MR) is 210 cm³/mol. The van der Waals surface area contributed by atoms with Crippen LogP contribution < -0.4 is 0 Å². The number of allylic oxidation sites excluding steroid dienone is 6. The topological polar surface area (TPSA) is 91.3 Å². The summed E-state index contributed by atoms with van der Waals surface area (Å²) in [6.45, 7) is 5.55. The number of carbonyl (C=O) groups excluding carboxylic acids is 1. The third-order valence-corrected chi connectivity index (χ3v) is 9.44. The maximum Gasteiger partial charge on any atom is 0.472 e. The highest BCUT2D eigenvalue weighted by atomic mass is 31.2. The molecular formula is C41H79NO7P+. The van der Waals surface area contributed by atoms with Crippen molar-refractivity contribution >= 4 is 13.8 Å². The van der Waals surface area contributed by atoms with Gasteiger partial charge in [0.2, 0.25) is 0 Å². The maximum atomic E-state index is 12.6. The molecule has 1 N–H and O–H groups in total. The fourth-order valence-electron chi connectivity index (χ4n) is 5.26. The van der Waals surface area contributed by atoms with E-state index in [4.69, 9.17) is 18.5 Å². The summed E-state index contributed by atoms with van der Waals surface area (Å²) in [5, 5.41) is 0. The lowest BCUT2D eigenvalue weighted by Gasteiger charge is -2.24. The number of hydrogen-bond acceptors (Lipinski definition) is 6. The van der Waals surface area contributed by atoms with E-state index in [-0.39, 0.29) is 25.8 Å². The Kier molecular flexibility index (Phi) is 33.9. The first kappa shape index (κ1) is 48.7. The number of quaternary nitrogens is 1. The Balaban J connectivity index is 4.17. The van der Waals surface area contributed by atoms with Gasteiger partial charge >= 0.3 is 13.8 Å². The number of phosphoric ester groups is 1. The molecule has 50 heavy (non-hydrogen) atoms. The van der Waals surface area contributed by atoms with Crippen molar-refractivity contribution in [3.05, 3.63) is 36.5 Å². The fourth-order valence-corrected chi connectivity index (χ4v) is 6.01. The van der Waals surface area contributed by atoms with Crippen molar-refractivity contribution in [1.82, 2.24) is 0 Å². The van der Waals surface area contributed by atoms with Crippen molar-refractivity contribution in [2.75, 3.05) is 54.1 Å². The summed E-state index contributed by atoms with van der Waals surface area (Å²) < 4.78 is 34.7. The quantitative estimate of drug-likeness (QED) is 0.0224. The van der Waals surface area contributed by atoms with Crippen LogP contribution >= 0.6 is 7.82 Å². The van der Waals surface area contributed by atoms with E-state index in [1.54, 1.807) is 0 Å². The van der Waals surface area contributed by atoms with Gasteiger partial charge in [0.1, 0.15) is 19.3 Å². The molecule has 0 heterocycles. The standard InChI is InChI=1S/C41H78NO7P/c1-6-8-10-12-14-15-16-17-18-19-20-21-22-23-24-25-26-27-28-30-32-34-41(43)49-40(38-46-36-33-31-29-13-11-9-7-2)39-48-50(44,45)47-37-35-42(3,4)5/h16-17,19-20,22-23,40H,6-15,18,21,24-39H2,1-5H3/p+1/b17-16-,20-19-,23-22-. The van der Waals surface area contributed by atoms with E-state index >= 15 is 0 Å². The molecule has 0 saturated heterocycles. The summed E-state index contributed by atoms with van der Waals surface area (Å²) in [7, 11) is 1.65. The van der Waals surface area contributed by atoms with Gasteiger partial charge in [0, 0.05) is 13.0 Å². The lowest BCUT2D eigenvalue weighted by molar-refractivity contribution is -0.870. The molecule has 0 saturated carbocycles. The van der Waals surface area contributed by atoms with Crippen LogP contribution in [0.25, 0.3) is 0 Å². The van der Waals surface area contributed by atoms with Crippen molar-refractivity contribution in [2.24, 2.45) is 0 Å². The summed E-state index contributed by atoms with van der Waals surface area (Å²) >= 11 is 0. The van der Waals surface area contributed by atoms with Crippen molar-refractivity contribution in [2.45, 2.75) is 168 Å². The molecule has 8 nitrogen and oxygen atoms in total. The minimum absolute atomic E-state index is 0.0857. The van der Waals surface area contributed by atoms with Crippen LogP contribution in [0, 0.1) is 0 Å². The second-order valence-electron chi connectivity index (χ2n) is 14.7. The van der Waals surface area contributed by atoms with Crippen molar-refractivity contribution in [3.63, 3.8) is 0 Å². The van der Waals surface area contributed by atoms with Gasteiger partial charge in [-0.05, 0) is 51.4 Å².